The van der Waals surface area contributed by atoms with Crippen LogP contribution in [0, 0.1) is 0 Å². The molecule has 5 heteroatoms. The van der Waals surface area contributed by atoms with Crippen LogP contribution in [0.25, 0.3) is 89.2 Å². The van der Waals surface area contributed by atoms with Crippen molar-refractivity contribution in [3.8, 4) is 45.5 Å². The monoisotopic (exact) mass is 735 g/mol. The first-order valence-electron chi connectivity index (χ1n) is 19.8. The highest BCUT2D eigenvalue weighted by atomic mass is 15.2. The van der Waals surface area contributed by atoms with Gasteiger partial charge in [-0.05, 0) is 63.8 Å². The molecule has 0 aliphatic heterocycles. The van der Waals surface area contributed by atoms with Crippen LogP contribution < -0.4 is 0 Å². The third kappa shape index (κ3) is 5.19. The molecule has 0 bridgehead atoms. The van der Waals surface area contributed by atoms with E-state index in [1.54, 1.807) is 0 Å². The van der Waals surface area contributed by atoms with Crippen molar-refractivity contribution in [2.24, 2.45) is 0 Å². The van der Waals surface area contributed by atoms with E-state index in [-0.39, 0.29) is 10.8 Å². The molecule has 0 amide bonds. The molecule has 11 rings (SSSR count). The Hall–Kier alpha value is -6.85. The molecule has 0 atom stereocenters. The summed E-state index contributed by atoms with van der Waals surface area (Å²) in [5, 5.41) is 4.71. The molecule has 0 unspecified atom stereocenters. The molecule has 5 nitrogen and oxygen atoms in total. The molecule has 3 heterocycles. The minimum absolute atomic E-state index is 0.0617. The highest BCUT2D eigenvalue weighted by Crippen LogP contribution is 2.50. The zero-order chi connectivity index (χ0) is 38.5. The van der Waals surface area contributed by atoms with Gasteiger partial charge in [-0.25, -0.2) is 4.98 Å². The number of benzene rings is 7. The number of aromatic nitrogens is 5. The average Bonchev–Trinajstić information content (AvgIpc) is 3.83. The Balaban J connectivity index is 1.23. The number of hydrogen-bond donors (Lipinski definition) is 0. The van der Waals surface area contributed by atoms with E-state index in [1.807, 2.05) is 24.3 Å². The molecule has 0 N–H and O–H groups in total. The van der Waals surface area contributed by atoms with Gasteiger partial charge in [0.05, 0.1) is 22.1 Å². The molecule has 3 aromatic heterocycles. The lowest BCUT2D eigenvalue weighted by Crippen LogP contribution is -2.18. The third-order valence-electron chi connectivity index (χ3n) is 12.2. The lowest BCUT2D eigenvalue weighted by Gasteiger charge is -2.22. The Morgan fingerprint density at radius 3 is 1.51 bits per heavy atom. The van der Waals surface area contributed by atoms with Crippen LogP contribution in [0.2, 0.25) is 0 Å². The SMILES string of the molecule is CC1(C)CC(C)(C)c2cc(-n3c4ccccc4c4ccc5c6ccccc6n(-c6nc(-c7ccccc7)nc(-c7ccc(-c8ccccc8)cc7)n6)c5c43)ccc21. The number of nitrogens with zero attached hydrogens (tertiary/aromatic N) is 5. The van der Waals surface area contributed by atoms with Gasteiger partial charge < -0.3 is 4.57 Å². The fourth-order valence-corrected chi connectivity index (χ4v) is 9.85. The maximum absolute atomic E-state index is 5.35. The fraction of sp³-hybridized carbons (Fsp3) is 0.135. The van der Waals surface area contributed by atoms with Gasteiger partial charge in [-0.2, -0.15) is 9.97 Å². The quantitative estimate of drug-likeness (QED) is 0.177. The van der Waals surface area contributed by atoms with Crippen molar-refractivity contribution >= 4 is 43.6 Å². The first-order chi connectivity index (χ1) is 27.7. The van der Waals surface area contributed by atoms with Crippen LogP contribution in [-0.4, -0.2) is 24.1 Å². The molecule has 1 aliphatic rings. The summed E-state index contributed by atoms with van der Waals surface area (Å²) in [6.07, 6.45) is 1.12. The van der Waals surface area contributed by atoms with E-state index < -0.39 is 0 Å². The Bertz CT molecular complexity index is 3190. The molecule has 0 radical (unpaired) electrons. The topological polar surface area (TPSA) is 48.5 Å². The second-order valence-electron chi connectivity index (χ2n) is 16.8. The summed E-state index contributed by atoms with van der Waals surface area (Å²) in [6, 6.07) is 58.4. The zero-order valence-electron chi connectivity index (χ0n) is 32.5. The number of rotatable bonds is 5. The largest absolute Gasteiger partial charge is 0.307 e. The summed E-state index contributed by atoms with van der Waals surface area (Å²) in [5.41, 5.74) is 12.8. The van der Waals surface area contributed by atoms with Crippen LogP contribution >= 0.6 is 0 Å². The lowest BCUT2D eigenvalue weighted by atomic mass is 9.82. The third-order valence-corrected chi connectivity index (χ3v) is 12.2. The summed E-state index contributed by atoms with van der Waals surface area (Å²) >= 11 is 0. The summed E-state index contributed by atoms with van der Waals surface area (Å²) < 4.78 is 4.76. The molecule has 0 spiro atoms. The van der Waals surface area contributed by atoms with Gasteiger partial charge >= 0.3 is 0 Å². The molecule has 274 valence electrons. The van der Waals surface area contributed by atoms with Gasteiger partial charge in [0.1, 0.15) is 0 Å². The highest BCUT2D eigenvalue weighted by Gasteiger charge is 2.42. The van der Waals surface area contributed by atoms with E-state index in [2.05, 4.69) is 176 Å². The number of para-hydroxylation sites is 2. The minimum atomic E-state index is 0.0617. The maximum atomic E-state index is 5.35. The van der Waals surface area contributed by atoms with Crippen LogP contribution in [0.3, 0.4) is 0 Å². The van der Waals surface area contributed by atoms with Crippen molar-refractivity contribution in [1.82, 2.24) is 24.1 Å². The van der Waals surface area contributed by atoms with Crippen molar-refractivity contribution in [2.45, 2.75) is 44.9 Å². The summed E-state index contributed by atoms with van der Waals surface area (Å²) in [6.45, 7) is 9.55. The Morgan fingerprint density at radius 1 is 0.404 bits per heavy atom. The molecule has 0 fully saturated rings. The van der Waals surface area contributed by atoms with E-state index in [0.717, 1.165) is 56.1 Å². The summed E-state index contributed by atoms with van der Waals surface area (Å²) in [4.78, 5) is 15.8. The lowest BCUT2D eigenvalue weighted by molar-refractivity contribution is 0.403. The van der Waals surface area contributed by atoms with Crippen LogP contribution in [0.1, 0.15) is 45.2 Å². The summed E-state index contributed by atoms with van der Waals surface area (Å²) in [7, 11) is 0. The van der Waals surface area contributed by atoms with E-state index in [1.165, 1.54) is 33.0 Å². The molecule has 0 saturated heterocycles. The molecule has 7 aromatic carbocycles. The van der Waals surface area contributed by atoms with Crippen molar-refractivity contribution in [1.29, 1.82) is 0 Å². The van der Waals surface area contributed by atoms with Gasteiger partial charge in [-0.3, -0.25) is 4.57 Å². The van der Waals surface area contributed by atoms with Crippen molar-refractivity contribution in [3.63, 3.8) is 0 Å². The Morgan fingerprint density at radius 2 is 0.877 bits per heavy atom. The van der Waals surface area contributed by atoms with Gasteiger partial charge in [0, 0.05) is 38.4 Å². The van der Waals surface area contributed by atoms with Crippen LogP contribution in [0.15, 0.2) is 164 Å². The minimum Gasteiger partial charge on any atom is -0.307 e. The smallest absolute Gasteiger partial charge is 0.238 e. The zero-order valence-corrected chi connectivity index (χ0v) is 32.5. The fourth-order valence-electron chi connectivity index (χ4n) is 9.85. The maximum Gasteiger partial charge on any atom is 0.238 e. The van der Waals surface area contributed by atoms with Gasteiger partial charge in [-0.1, -0.05) is 167 Å². The van der Waals surface area contributed by atoms with Gasteiger partial charge in [0.2, 0.25) is 5.95 Å². The average molecular weight is 736 g/mol. The first-order valence-corrected chi connectivity index (χ1v) is 19.8. The van der Waals surface area contributed by atoms with Crippen LogP contribution in [-0.2, 0) is 10.8 Å². The standard InChI is InChI=1S/C52H41N5/c1-51(2)32-52(3,4)43-31-37(27-30-42(43)51)56-44-21-13-11-19-38(44)40-28-29-41-39-20-12-14-22-45(39)57(47(41)46(40)56)50-54-48(35-17-9-6-10-18-35)53-49(55-50)36-25-23-34(24-26-36)33-15-7-5-8-16-33/h5-31H,32H2,1-4H3. The van der Waals surface area contributed by atoms with E-state index in [0.29, 0.717) is 17.6 Å². The van der Waals surface area contributed by atoms with Crippen molar-refractivity contribution in [3.05, 3.63) is 175 Å². The van der Waals surface area contributed by atoms with Gasteiger partial charge in [0.25, 0.3) is 0 Å². The van der Waals surface area contributed by atoms with Gasteiger partial charge in [0.15, 0.2) is 11.6 Å². The molecule has 1 aliphatic carbocycles. The van der Waals surface area contributed by atoms with Crippen molar-refractivity contribution < 1.29 is 0 Å². The second-order valence-corrected chi connectivity index (χ2v) is 16.8. The summed E-state index contributed by atoms with van der Waals surface area (Å²) in [5.74, 6) is 1.84. The molecular weight excluding hydrogens is 695 g/mol. The van der Waals surface area contributed by atoms with Crippen LogP contribution in [0.4, 0.5) is 0 Å². The van der Waals surface area contributed by atoms with E-state index in [9.17, 15) is 0 Å². The molecule has 57 heavy (non-hydrogen) atoms. The predicted octanol–water partition coefficient (Wildman–Crippen LogP) is 13.0. The van der Waals surface area contributed by atoms with Crippen molar-refractivity contribution in [2.75, 3.05) is 0 Å². The Kier molecular flexibility index (Phi) is 7.24. The van der Waals surface area contributed by atoms with Crippen LogP contribution in [0.5, 0.6) is 0 Å². The number of fused-ring (bicyclic) bond motifs is 8. The molecule has 0 saturated carbocycles. The van der Waals surface area contributed by atoms with E-state index in [4.69, 9.17) is 15.0 Å². The molecular formula is C52H41N5. The first kappa shape index (κ1) is 33.5. The molecule has 10 aromatic rings. The second kappa shape index (κ2) is 12.3. The normalized spacial score (nSPS) is 14.5. The highest BCUT2D eigenvalue weighted by molar-refractivity contribution is 6.23. The Labute approximate surface area is 331 Å². The van der Waals surface area contributed by atoms with E-state index >= 15 is 0 Å². The number of hydrogen-bond acceptors (Lipinski definition) is 3. The van der Waals surface area contributed by atoms with Gasteiger partial charge in [-0.15, -0.1) is 0 Å². The predicted molar refractivity (Wildman–Crippen MR) is 235 cm³/mol.